The van der Waals surface area contributed by atoms with Gasteiger partial charge in [0.1, 0.15) is 5.82 Å². The Bertz CT molecular complexity index is 412. The largest absolute Gasteiger partial charge is 0.352 e. The van der Waals surface area contributed by atoms with E-state index in [9.17, 15) is 0 Å². The van der Waals surface area contributed by atoms with Gasteiger partial charge in [-0.25, -0.2) is 4.99 Å². The van der Waals surface area contributed by atoms with E-state index in [4.69, 9.17) is 4.99 Å². The molecule has 1 unspecified atom stereocenters. The third kappa shape index (κ3) is 3.27. The Labute approximate surface area is 127 Å². The molecule has 2 aliphatic rings. The second kappa shape index (κ2) is 7.30. The maximum Gasteiger partial charge on any atom is 0.143 e. The SMILES string of the molecule is C=NC1=C(C(=NCC)C(C)C)SCC2CCCCCN12. The van der Waals surface area contributed by atoms with E-state index >= 15 is 0 Å². The van der Waals surface area contributed by atoms with Crippen molar-refractivity contribution in [2.45, 2.75) is 52.5 Å². The summed E-state index contributed by atoms with van der Waals surface area (Å²) in [4.78, 5) is 12.9. The van der Waals surface area contributed by atoms with Gasteiger partial charge in [0.15, 0.2) is 0 Å². The predicted octanol–water partition coefficient (Wildman–Crippen LogP) is 3.96. The van der Waals surface area contributed by atoms with E-state index in [0.717, 1.165) is 18.9 Å². The van der Waals surface area contributed by atoms with E-state index < -0.39 is 0 Å². The molecule has 112 valence electrons. The lowest BCUT2D eigenvalue weighted by molar-refractivity contribution is 0.272. The first-order valence-electron chi connectivity index (χ1n) is 7.84. The third-order valence-electron chi connectivity index (χ3n) is 4.03. The lowest BCUT2D eigenvalue weighted by Crippen LogP contribution is -2.40. The smallest absolute Gasteiger partial charge is 0.143 e. The molecule has 4 heteroatoms. The van der Waals surface area contributed by atoms with Crippen LogP contribution in [0, 0.1) is 5.92 Å². The molecular weight excluding hydrogens is 266 g/mol. The maximum atomic E-state index is 4.73. The number of fused-ring (bicyclic) bond motifs is 1. The zero-order valence-corrected chi connectivity index (χ0v) is 13.9. The van der Waals surface area contributed by atoms with Crippen LogP contribution in [0.3, 0.4) is 0 Å². The van der Waals surface area contributed by atoms with Gasteiger partial charge in [0.25, 0.3) is 0 Å². The number of nitrogens with zero attached hydrogens (tertiary/aromatic N) is 3. The Kier molecular flexibility index (Phi) is 5.70. The lowest BCUT2D eigenvalue weighted by Gasteiger charge is -2.37. The number of hydrogen-bond donors (Lipinski definition) is 0. The van der Waals surface area contributed by atoms with Crippen LogP contribution in [0.1, 0.15) is 46.5 Å². The fraction of sp³-hybridized carbons (Fsp3) is 0.750. The Morgan fingerprint density at radius 1 is 1.40 bits per heavy atom. The van der Waals surface area contributed by atoms with E-state index in [-0.39, 0.29) is 0 Å². The first-order valence-corrected chi connectivity index (χ1v) is 8.82. The first kappa shape index (κ1) is 15.6. The molecule has 0 N–H and O–H groups in total. The molecule has 0 aliphatic carbocycles. The van der Waals surface area contributed by atoms with Crippen LogP contribution in [0.5, 0.6) is 0 Å². The van der Waals surface area contributed by atoms with Gasteiger partial charge in [-0.3, -0.25) is 4.99 Å². The highest BCUT2D eigenvalue weighted by atomic mass is 32.2. The lowest BCUT2D eigenvalue weighted by atomic mass is 10.1. The topological polar surface area (TPSA) is 28.0 Å². The molecule has 0 spiro atoms. The van der Waals surface area contributed by atoms with E-state index in [0.29, 0.717) is 12.0 Å². The Balaban J connectivity index is 2.38. The second-order valence-corrected chi connectivity index (χ2v) is 6.86. The molecule has 2 rings (SSSR count). The van der Waals surface area contributed by atoms with Crippen LogP contribution in [-0.2, 0) is 0 Å². The van der Waals surface area contributed by atoms with Gasteiger partial charge in [0, 0.05) is 24.9 Å². The minimum absolute atomic E-state index is 0.442. The fourth-order valence-corrected chi connectivity index (χ4v) is 4.51. The Morgan fingerprint density at radius 3 is 2.85 bits per heavy atom. The van der Waals surface area contributed by atoms with Gasteiger partial charge in [0.05, 0.1) is 10.6 Å². The number of thioether (sulfide) groups is 1. The summed E-state index contributed by atoms with van der Waals surface area (Å²) in [7, 11) is 0. The van der Waals surface area contributed by atoms with E-state index in [1.165, 1.54) is 42.1 Å². The molecular formula is C16H27N3S. The van der Waals surface area contributed by atoms with Crippen molar-refractivity contribution in [3.63, 3.8) is 0 Å². The van der Waals surface area contributed by atoms with Gasteiger partial charge in [0.2, 0.25) is 0 Å². The minimum atomic E-state index is 0.442. The number of allylic oxidation sites excluding steroid dienone is 1. The van der Waals surface area contributed by atoms with Crippen molar-refractivity contribution in [3.05, 3.63) is 10.7 Å². The zero-order chi connectivity index (χ0) is 14.5. The molecule has 0 amide bonds. The Morgan fingerprint density at radius 2 is 2.20 bits per heavy atom. The standard InChI is InChI=1S/C16H27N3S/c1-5-18-14(12(2)3)15-16(17-4)19-10-8-6-7-9-13(19)11-20-15/h12-13H,4-11H2,1-3H3. The average molecular weight is 293 g/mol. The summed E-state index contributed by atoms with van der Waals surface area (Å²) in [5.74, 6) is 2.70. The summed E-state index contributed by atoms with van der Waals surface area (Å²) < 4.78 is 0. The number of aliphatic imine (C=N–C) groups is 2. The summed E-state index contributed by atoms with van der Waals surface area (Å²) >= 11 is 1.94. The summed E-state index contributed by atoms with van der Waals surface area (Å²) in [5, 5.41) is 0. The summed E-state index contributed by atoms with van der Waals surface area (Å²) in [6.07, 6.45) is 5.26. The maximum absolute atomic E-state index is 4.73. The van der Waals surface area contributed by atoms with Crippen LogP contribution in [0.4, 0.5) is 0 Å². The molecule has 0 radical (unpaired) electrons. The van der Waals surface area contributed by atoms with E-state index in [1.807, 2.05) is 11.8 Å². The van der Waals surface area contributed by atoms with Crippen LogP contribution in [0.15, 0.2) is 20.7 Å². The van der Waals surface area contributed by atoms with Crippen LogP contribution >= 0.6 is 11.8 Å². The van der Waals surface area contributed by atoms with Crippen molar-refractivity contribution < 1.29 is 0 Å². The van der Waals surface area contributed by atoms with Crippen molar-refractivity contribution in [3.8, 4) is 0 Å². The molecule has 0 aromatic rings. The number of rotatable bonds is 4. The normalized spacial score (nSPS) is 24.7. The van der Waals surface area contributed by atoms with Crippen molar-refractivity contribution in [2.24, 2.45) is 15.9 Å². The summed E-state index contributed by atoms with van der Waals surface area (Å²) in [6, 6.07) is 0.641. The van der Waals surface area contributed by atoms with Gasteiger partial charge >= 0.3 is 0 Å². The zero-order valence-electron chi connectivity index (χ0n) is 13.1. The van der Waals surface area contributed by atoms with Crippen LogP contribution in [0.25, 0.3) is 0 Å². The summed E-state index contributed by atoms with van der Waals surface area (Å²) in [6.45, 7) is 12.3. The second-order valence-electron chi connectivity index (χ2n) is 5.83. The van der Waals surface area contributed by atoms with Gasteiger partial charge in [-0.2, -0.15) is 0 Å². The quantitative estimate of drug-likeness (QED) is 0.734. The highest BCUT2D eigenvalue weighted by molar-refractivity contribution is 8.04. The van der Waals surface area contributed by atoms with Crippen LogP contribution < -0.4 is 0 Å². The van der Waals surface area contributed by atoms with Crippen molar-refractivity contribution in [1.82, 2.24) is 4.90 Å². The van der Waals surface area contributed by atoms with Gasteiger partial charge in [-0.1, -0.05) is 26.7 Å². The molecule has 1 fully saturated rings. The molecule has 0 aromatic carbocycles. The molecule has 1 saturated heterocycles. The molecule has 3 nitrogen and oxygen atoms in total. The average Bonchev–Trinajstić information content (AvgIpc) is 2.68. The van der Waals surface area contributed by atoms with Gasteiger partial charge in [-0.05, 0) is 32.4 Å². The molecule has 2 heterocycles. The molecule has 0 aromatic heterocycles. The predicted molar refractivity (Wildman–Crippen MR) is 90.8 cm³/mol. The highest BCUT2D eigenvalue weighted by Crippen LogP contribution is 2.37. The molecule has 0 saturated carbocycles. The summed E-state index contributed by atoms with van der Waals surface area (Å²) in [5.41, 5.74) is 1.21. The molecule has 0 bridgehead atoms. The van der Waals surface area contributed by atoms with Gasteiger partial charge in [-0.15, -0.1) is 11.8 Å². The van der Waals surface area contributed by atoms with Gasteiger partial charge < -0.3 is 4.90 Å². The highest BCUT2D eigenvalue weighted by Gasteiger charge is 2.31. The first-order chi connectivity index (χ1) is 9.69. The van der Waals surface area contributed by atoms with Crippen LogP contribution in [0.2, 0.25) is 0 Å². The van der Waals surface area contributed by atoms with Crippen LogP contribution in [-0.4, -0.2) is 42.2 Å². The molecule has 20 heavy (non-hydrogen) atoms. The van der Waals surface area contributed by atoms with Crippen molar-refractivity contribution >= 4 is 24.2 Å². The fourth-order valence-electron chi connectivity index (χ4n) is 3.04. The van der Waals surface area contributed by atoms with E-state index in [2.05, 4.69) is 37.4 Å². The third-order valence-corrected chi connectivity index (χ3v) is 5.26. The Hall–Kier alpha value is -0.770. The molecule has 2 aliphatic heterocycles. The van der Waals surface area contributed by atoms with Crippen molar-refractivity contribution in [1.29, 1.82) is 0 Å². The minimum Gasteiger partial charge on any atom is -0.352 e. The monoisotopic (exact) mass is 293 g/mol. The van der Waals surface area contributed by atoms with Crippen molar-refractivity contribution in [2.75, 3.05) is 18.8 Å². The molecule has 1 atom stereocenters. The number of hydrogen-bond acceptors (Lipinski definition) is 4. The van der Waals surface area contributed by atoms with E-state index in [1.54, 1.807) is 0 Å².